The highest BCUT2D eigenvalue weighted by Gasteiger charge is 2.20. The average Bonchev–Trinajstić information content (AvgIpc) is 3.09. The van der Waals surface area contributed by atoms with Crippen LogP contribution in [0, 0.1) is 0 Å². The van der Waals surface area contributed by atoms with E-state index >= 15 is 0 Å². The Bertz CT molecular complexity index is 353. The van der Waals surface area contributed by atoms with Crippen LogP contribution >= 0.6 is 11.3 Å². The Balaban J connectivity index is 1.80. The zero-order chi connectivity index (χ0) is 13.0. The lowest BCUT2D eigenvalue weighted by Gasteiger charge is -2.25. The number of thiophene rings is 1. The third kappa shape index (κ3) is 4.08. The highest BCUT2D eigenvalue weighted by molar-refractivity contribution is 7.11. The molecule has 0 amide bonds. The molecule has 1 aliphatic rings. The first kappa shape index (κ1) is 14.0. The zero-order valence-corrected chi connectivity index (χ0v) is 12.7. The molecule has 1 aromatic heterocycles. The van der Waals surface area contributed by atoms with Gasteiger partial charge in [0.15, 0.2) is 0 Å². The number of nitrogens with one attached hydrogen (secondary N) is 1. The minimum Gasteiger partial charge on any atom is -0.309 e. The largest absolute Gasteiger partial charge is 0.309 e. The van der Waals surface area contributed by atoms with Gasteiger partial charge in [0.05, 0.1) is 0 Å². The van der Waals surface area contributed by atoms with Gasteiger partial charge in [0.2, 0.25) is 0 Å². The molecule has 0 aromatic carbocycles. The number of hydrogen-bond donors (Lipinski definition) is 1. The monoisotopic (exact) mass is 266 g/mol. The molecule has 0 unspecified atom stereocenters. The maximum atomic E-state index is 3.58. The first-order chi connectivity index (χ1) is 8.72. The van der Waals surface area contributed by atoms with Crippen LogP contribution in [0.2, 0.25) is 0 Å². The first-order valence-corrected chi connectivity index (χ1v) is 8.05. The lowest BCUT2D eigenvalue weighted by Crippen LogP contribution is -2.29. The fourth-order valence-electron chi connectivity index (χ4n) is 2.42. The second-order valence-corrected chi connectivity index (χ2v) is 6.66. The van der Waals surface area contributed by atoms with Crippen LogP contribution in [0.3, 0.4) is 0 Å². The molecule has 2 rings (SSSR count). The summed E-state index contributed by atoms with van der Waals surface area (Å²) in [5, 5.41) is 3.58. The molecular formula is C15H26N2S. The van der Waals surface area contributed by atoms with Crippen molar-refractivity contribution in [3.05, 3.63) is 21.9 Å². The Labute approximate surface area is 115 Å². The maximum Gasteiger partial charge on any atom is 0.0327 e. The molecule has 2 nitrogen and oxygen atoms in total. The molecule has 1 aliphatic carbocycles. The third-order valence-corrected chi connectivity index (χ3v) is 4.90. The SMILES string of the molecule is CCC(CC)N(C)Cc1ccc(CNC2CC2)s1. The van der Waals surface area contributed by atoms with Crippen LogP contribution in [0.5, 0.6) is 0 Å². The van der Waals surface area contributed by atoms with Crippen LogP contribution in [0.1, 0.15) is 49.3 Å². The Morgan fingerprint density at radius 2 is 1.94 bits per heavy atom. The van der Waals surface area contributed by atoms with Crippen molar-refractivity contribution in [2.24, 2.45) is 0 Å². The van der Waals surface area contributed by atoms with E-state index in [2.05, 4.69) is 43.2 Å². The van der Waals surface area contributed by atoms with Gasteiger partial charge in [0.1, 0.15) is 0 Å². The number of hydrogen-bond acceptors (Lipinski definition) is 3. The minimum atomic E-state index is 0.722. The molecule has 18 heavy (non-hydrogen) atoms. The van der Waals surface area contributed by atoms with Crippen LogP contribution in [-0.4, -0.2) is 24.0 Å². The molecule has 1 heterocycles. The Kier molecular flexibility index (Phi) is 5.22. The van der Waals surface area contributed by atoms with Crippen molar-refractivity contribution in [1.82, 2.24) is 10.2 Å². The molecule has 0 radical (unpaired) electrons. The quantitative estimate of drug-likeness (QED) is 0.773. The molecule has 1 aromatic rings. The predicted octanol–water partition coefficient (Wildman–Crippen LogP) is 3.62. The second-order valence-electron chi connectivity index (χ2n) is 5.41. The lowest BCUT2D eigenvalue weighted by molar-refractivity contribution is 0.223. The summed E-state index contributed by atoms with van der Waals surface area (Å²) in [6, 6.07) is 6.12. The highest BCUT2D eigenvalue weighted by atomic mass is 32.1. The molecule has 0 aliphatic heterocycles. The molecule has 3 heteroatoms. The van der Waals surface area contributed by atoms with Gasteiger partial charge in [-0.1, -0.05) is 13.8 Å². The first-order valence-electron chi connectivity index (χ1n) is 7.24. The molecular weight excluding hydrogens is 240 g/mol. The fourth-order valence-corrected chi connectivity index (χ4v) is 3.45. The summed E-state index contributed by atoms with van der Waals surface area (Å²) in [7, 11) is 2.25. The van der Waals surface area contributed by atoms with Crippen LogP contribution in [-0.2, 0) is 13.1 Å². The molecule has 0 atom stereocenters. The van der Waals surface area contributed by atoms with Crippen molar-refractivity contribution in [3.8, 4) is 0 Å². The topological polar surface area (TPSA) is 15.3 Å². The van der Waals surface area contributed by atoms with Crippen molar-refractivity contribution in [2.75, 3.05) is 7.05 Å². The van der Waals surface area contributed by atoms with Gasteiger partial charge in [-0.2, -0.15) is 0 Å². The standard InChI is InChI=1S/C15H26N2S/c1-4-13(5-2)17(3)11-15-9-8-14(18-15)10-16-12-6-7-12/h8-9,12-13,16H,4-7,10-11H2,1-3H3. The third-order valence-electron chi connectivity index (χ3n) is 3.83. The van der Waals surface area contributed by atoms with E-state index < -0.39 is 0 Å². The van der Waals surface area contributed by atoms with Gasteiger partial charge in [0.25, 0.3) is 0 Å². The summed E-state index contributed by atoms with van der Waals surface area (Å²) in [5.41, 5.74) is 0. The van der Waals surface area contributed by atoms with E-state index in [4.69, 9.17) is 0 Å². The predicted molar refractivity (Wildman–Crippen MR) is 80.0 cm³/mol. The molecule has 0 spiro atoms. The van der Waals surface area contributed by atoms with E-state index in [1.807, 2.05) is 11.3 Å². The molecule has 1 saturated carbocycles. The van der Waals surface area contributed by atoms with E-state index in [1.165, 1.54) is 35.4 Å². The smallest absolute Gasteiger partial charge is 0.0327 e. The van der Waals surface area contributed by atoms with Gasteiger partial charge in [-0.3, -0.25) is 4.90 Å². The Hall–Kier alpha value is -0.380. The zero-order valence-electron chi connectivity index (χ0n) is 11.9. The summed E-state index contributed by atoms with van der Waals surface area (Å²) in [4.78, 5) is 5.47. The van der Waals surface area contributed by atoms with E-state index in [9.17, 15) is 0 Å². The van der Waals surface area contributed by atoms with Crippen molar-refractivity contribution < 1.29 is 0 Å². The van der Waals surface area contributed by atoms with Crippen molar-refractivity contribution in [2.45, 2.75) is 64.7 Å². The Morgan fingerprint density at radius 3 is 2.56 bits per heavy atom. The lowest BCUT2D eigenvalue weighted by atomic mass is 10.1. The van der Waals surface area contributed by atoms with Crippen LogP contribution in [0.15, 0.2) is 12.1 Å². The molecule has 102 valence electrons. The molecule has 1 fully saturated rings. The van der Waals surface area contributed by atoms with Gasteiger partial charge < -0.3 is 5.32 Å². The fraction of sp³-hybridized carbons (Fsp3) is 0.733. The number of rotatable bonds is 8. The summed E-state index contributed by atoms with van der Waals surface area (Å²) in [6.45, 7) is 6.72. The van der Waals surface area contributed by atoms with Crippen molar-refractivity contribution in [3.63, 3.8) is 0 Å². The van der Waals surface area contributed by atoms with Crippen molar-refractivity contribution in [1.29, 1.82) is 0 Å². The van der Waals surface area contributed by atoms with Crippen LogP contribution < -0.4 is 5.32 Å². The summed E-state index contributed by atoms with van der Waals surface area (Å²) < 4.78 is 0. The van der Waals surface area contributed by atoms with Gasteiger partial charge in [-0.05, 0) is 44.9 Å². The molecule has 0 bridgehead atoms. The van der Waals surface area contributed by atoms with E-state index in [1.54, 1.807) is 0 Å². The van der Waals surface area contributed by atoms with Gasteiger partial charge in [-0.25, -0.2) is 0 Å². The van der Waals surface area contributed by atoms with Gasteiger partial charge >= 0.3 is 0 Å². The van der Waals surface area contributed by atoms with E-state index in [0.29, 0.717) is 0 Å². The van der Waals surface area contributed by atoms with E-state index in [0.717, 1.165) is 25.2 Å². The van der Waals surface area contributed by atoms with E-state index in [-0.39, 0.29) is 0 Å². The number of nitrogens with zero attached hydrogens (tertiary/aromatic N) is 1. The average molecular weight is 266 g/mol. The minimum absolute atomic E-state index is 0.722. The maximum absolute atomic E-state index is 3.58. The molecule has 1 N–H and O–H groups in total. The highest BCUT2D eigenvalue weighted by Crippen LogP contribution is 2.23. The molecule has 0 saturated heterocycles. The van der Waals surface area contributed by atoms with Crippen LogP contribution in [0.25, 0.3) is 0 Å². The normalized spacial score (nSPS) is 15.8. The summed E-state index contributed by atoms with van der Waals surface area (Å²) in [5.74, 6) is 0. The summed E-state index contributed by atoms with van der Waals surface area (Å²) >= 11 is 1.97. The van der Waals surface area contributed by atoms with Crippen molar-refractivity contribution >= 4 is 11.3 Å². The Morgan fingerprint density at radius 1 is 1.28 bits per heavy atom. The van der Waals surface area contributed by atoms with Gasteiger partial charge in [0, 0.05) is 34.9 Å². The van der Waals surface area contributed by atoms with Crippen LogP contribution in [0.4, 0.5) is 0 Å². The van der Waals surface area contributed by atoms with Gasteiger partial charge in [-0.15, -0.1) is 11.3 Å². The second kappa shape index (κ2) is 6.69. The summed E-state index contributed by atoms with van der Waals surface area (Å²) in [6.07, 6.45) is 5.23.